The monoisotopic (exact) mass is 289 g/mol. The van der Waals surface area contributed by atoms with Gasteiger partial charge in [0.1, 0.15) is 6.61 Å². The average molecular weight is 289 g/mol. The van der Waals surface area contributed by atoms with Gasteiger partial charge in [0.05, 0.1) is 25.9 Å². The number of alkyl halides is 3. The zero-order valence-electron chi connectivity index (χ0n) is 11.3. The largest absolute Gasteiger partial charge is 0.411 e. The minimum absolute atomic E-state index is 0.00695. The van der Waals surface area contributed by atoms with E-state index in [1.165, 1.54) is 0 Å². The molecule has 20 heavy (non-hydrogen) atoms. The number of nitrogens with one attached hydrogen (secondary N) is 1. The molecule has 0 spiro atoms. The Bertz CT molecular complexity index is 449. The molecule has 1 aliphatic heterocycles. The molecule has 0 radical (unpaired) electrons. The summed E-state index contributed by atoms with van der Waals surface area (Å²) in [7, 11) is 0. The van der Waals surface area contributed by atoms with Gasteiger partial charge in [0, 0.05) is 0 Å². The Balaban J connectivity index is 2.00. The van der Waals surface area contributed by atoms with Crippen molar-refractivity contribution in [3.05, 3.63) is 34.9 Å². The summed E-state index contributed by atoms with van der Waals surface area (Å²) in [6.07, 6.45) is -4.29. The first-order chi connectivity index (χ1) is 9.49. The number of hydrogen-bond acceptors (Lipinski definition) is 3. The van der Waals surface area contributed by atoms with Crippen LogP contribution in [0.25, 0.3) is 0 Å². The molecule has 2 rings (SSSR count). The van der Waals surface area contributed by atoms with Crippen LogP contribution in [0.3, 0.4) is 0 Å². The van der Waals surface area contributed by atoms with Crippen molar-refractivity contribution in [2.75, 3.05) is 19.8 Å². The molecule has 3 nitrogen and oxygen atoms in total. The van der Waals surface area contributed by atoms with Crippen molar-refractivity contribution in [1.29, 1.82) is 0 Å². The van der Waals surface area contributed by atoms with E-state index < -0.39 is 12.8 Å². The van der Waals surface area contributed by atoms with Gasteiger partial charge in [0.25, 0.3) is 0 Å². The maximum atomic E-state index is 12.1. The van der Waals surface area contributed by atoms with Crippen LogP contribution in [0.1, 0.15) is 29.7 Å². The van der Waals surface area contributed by atoms with Gasteiger partial charge in [-0.1, -0.05) is 25.1 Å². The van der Waals surface area contributed by atoms with Gasteiger partial charge >= 0.3 is 6.18 Å². The molecule has 1 N–H and O–H groups in total. The van der Waals surface area contributed by atoms with Crippen LogP contribution >= 0.6 is 0 Å². The highest BCUT2D eigenvalue weighted by Crippen LogP contribution is 2.24. The summed E-state index contributed by atoms with van der Waals surface area (Å²) in [5.41, 5.74) is 3.17. The van der Waals surface area contributed by atoms with Gasteiger partial charge in [0.2, 0.25) is 0 Å². The molecule has 1 unspecified atom stereocenters. The van der Waals surface area contributed by atoms with E-state index in [0.717, 1.165) is 16.7 Å². The first-order valence-corrected chi connectivity index (χ1v) is 6.57. The number of fused-ring (bicyclic) bond motifs is 1. The van der Waals surface area contributed by atoms with Crippen molar-refractivity contribution in [2.24, 2.45) is 0 Å². The summed E-state index contributed by atoms with van der Waals surface area (Å²) in [5.74, 6) is 0. The van der Waals surface area contributed by atoms with E-state index in [-0.39, 0.29) is 12.6 Å². The van der Waals surface area contributed by atoms with Crippen molar-refractivity contribution < 1.29 is 22.6 Å². The van der Waals surface area contributed by atoms with E-state index in [9.17, 15) is 13.2 Å². The Hall–Kier alpha value is -1.11. The van der Waals surface area contributed by atoms with Gasteiger partial charge in [-0.25, -0.2) is 0 Å². The Kier molecular flexibility index (Phi) is 5.01. The summed E-state index contributed by atoms with van der Waals surface area (Å²) < 4.78 is 46.4. The molecule has 1 aromatic rings. The van der Waals surface area contributed by atoms with Crippen LogP contribution in [0.15, 0.2) is 18.2 Å². The Morgan fingerprint density at radius 2 is 2.05 bits per heavy atom. The number of likely N-dealkylation sites (N-methyl/N-ethyl adjacent to an activating group) is 1. The maximum absolute atomic E-state index is 12.1. The molecule has 1 heterocycles. The van der Waals surface area contributed by atoms with E-state index in [1.807, 2.05) is 25.1 Å². The zero-order valence-corrected chi connectivity index (χ0v) is 11.3. The Morgan fingerprint density at radius 3 is 2.75 bits per heavy atom. The summed E-state index contributed by atoms with van der Waals surface area (Å²) in [6.45, 7) is 2.51. The lowest BCUT2D eigenvalue weighted by molar-refractivity contribution is -0.175. The number of hydrogen-bond donors (Lipinski definition) is 1. The van der Waals surface area contributed by atoms with Crippen molar-refractivity contribution in [1.82, 2.24) is 5.32 Å². The highest BCUT2D eigenvalue weighted by Gasteiger charge is 2.28. The number of halogens is 3. The summed E-state index contributed by atoms with van der Waals surface area (Å²) in [4.78, 5) is 0. The summed E-state index contributed by atoms with van der Waals surface area (Å²) in [6, 6.07) is 5.61. The molecule has 0 saturated carbocycles. The first kappa shape index (κ1) is 15.3. The van der Waals surface area contributed by atoms with E-state index in [4.69, 9.17) is 9.47 Å². The van der Waals surface area contributed by atoms with Crippen molar-refractivity contribution in [3.8, 4) is 0 Å². The number of ether oxygens (including phenoxy) is 2. The van der Waals surface area contributed by atoms with Gasteiger partial charge in [-0.3, -0.25) is 0 Å². The molecule has 0 amide bonds. The third-order valence-electron chi connectivity index (χ3n) is 3.15. The van der Waals surface area contributed by atoms with Crippen LogP contribution in [0.2, 0.25) is 0 Å². The maximum Gasteiger partial charge on any atom is 0.411 e. The van der Waals surface area contributed by atoms with E-state index in [2.05, 4.69) is 5.32 Å². The molecule has 0 aliphatic carbocycles. The topological polar surface area (TPSA) is 30.5 Å². The second-order valence-electron chi connectivity index (χ2n) is 4.76. The summed E-state index contributed by atoms with van der Waals surface area (Å²) >= 11 is 0. The lowest BCUT2D eigenvalue weighted by Gasteiger charge is -2.19. The molecule has 0 saturated heterocycles. The standard InChI is InChI=1S/C14H18F3NO2/c1-2-18-13(8-20-9-14(15,16)17)10-3-4-11-6-19-7-12(11)5-10/h3-5,13,18H,2,6-9H2,1H3. The quantitative estimate of drug-likeness (QED) is 0.873. The number of rotatable bonds is 6. The van der Waals surface area contributed by atoms with Gasteiger partial charge in [0.15, 0.2) is 0 Å². The Labute approximate surface area is 116 Å². The minimum atomic E-state index is -4.29. The molecular formula is C14H18F3NO2. The van der Waals surface area contributed by atoms with Gasteiger partial charge in [-0.15, -0.1) is 0 Å². The minimum Gasteiger partial charge on any atom is -0.372 e. The SMILES string of the molecule is CCNC(COCC(F)(F)F)c1ccc2c(c1)COC2. The Morgan fingerprint density at radius 1 is 1.30 bits per heavy atom. The smallest absolute Gasteiger partial charge is 0.372 e. The number of benzene rings is 1. The highest BCUT2D eigenvalue weighted by atomic mass is 19.4. The first-order valence-electron chi connectivity index (χ1n) is 6.57. The molecule has 1 aliphatic rings. The van der Waals surface area contributed by atoms with Crippen LogP contribution in [0, 0.1) is 0 Å². The predicted octanol–water partition coefficient (Wildman–Crippen LogP) is 2.95. The van der Waals surface area contributed by atoms with Crippen LogP contribution in [0.5, 0.6) is 0 Å². The fraction of sp³-hybridized carbons (Fsp3) is 0.571. The zero-order chi connectivity index (χ0) is 14.6. The van der Waals surface area contributed by atoms with Gasteiger partial charge < -0.3 is 14.8 Å². The third kappa shape index (κ3) is 4.19. The highest BCUT2D eigenvalue weighted by molar-refractivity contribution is 5.34. The normalized spacial score (nSPS) is 16.2. The van der Waals surface area contributed by atoms with Crippen LogP contribution in [-0.4, -0.2) is 25.9 Å². The predicted molar refractivity (Wildman–Crippen MR) is 68.2 cm³/mol. The molecule has 0 fully saturated rings. The molecule has 0 bridgehead atoms. The fourth-order valence-electron chi connectivity index (χ4n) is 2.22. The third-order valence-corrected chi connectivity index (χ3v) is 3.15. The average Bonchev–Trinajstić information content (AvgIpc) is 2.83. The molecule has 6 heteroatoms. The van der Waals surface area contributed by atoms with E-state index >= 15 is 0 Å². The second-order valence-corrected chi connectivity index (χ2v) is 4.76. The van der Waals surface area contributed by atoms with E-state index in [0.29, 0.717) is 19.8 Å². The van der Waals surface area contributed by atoms with Crippen molar-refractivity contribution >= 4 is 0 Å². The summed E-state index contributed by atoms with van der Waals surface area (Å²) in [5, 5.41) is 3.14. The van der Waals surface area contributed by atoms with Crippen LogP contribution in [-0.2, 0) is 22.7 Å². The molecular weight excluding hydrogens is 271 g/mol. The fourth-order valence-corrected chi connectivity index (χ4v) is 2.22. The van der Waals surface area contributed by atoms with Crippen molar-refractivity contribution in [2.45, 2.75) is 32.4 Å². The van der Waals surface area contributed by atoms with Crippen molar-refractivity contribution in [3.63, 3.8) is 0 Å². The van der Waals surface area contributed by atoms with Crippen LogP contribution < -0.4 is 5.32 Å². The van der Waals surface area contributed by atoms with Gasteiger partial charge in [-0.05, 0) is 23.2 Å². The van der Waals surface area contributed by atoms with Gasteiger partial charge in [-0.2, -0.15) is 13.2 Å². The second kappa shape index (κ2) is 6.56. The molecule has 112 valence electrons. The van der Waals surface area contributed by atoms with Crippen LogP contribution in [0.4, 0.5) is 13.2 Å². The van der Waals surface area contributed by atoms with E-state index in [1.54, 1.807) is 0 Å². The molecule has 0 aromatic heterocycles. The molecule has 1 aromatic carbocycles. The lowest BCUT2D eigenvalue weighted by atomic mass is 10.0. The molecule has 1 atom stereocenters. The lowest BCUT2D eigenvalue weighted by Crippen LogP contribution is -2.28.